The molecule has 9 heteroatoms. The Morgan fingerprint density at radius 3 is 0.800 bits per heavy atom. The summed E-state index contributed by atoms with van der Waals surface area (Å²) in [5.74, 6) is -2.34. The second-order valence-electron chi connectivity index (χ2n) is 5.47. The molecule has 6 amide bonds. The van der Waals surface area contributed by atoms with Crippen LogP contribution in [0.1, 0.15) is 0 Å². The van der Waals surface area contributed by atoms with E-state index in [4.69, 9.17) is 0 Å². The Morgan fingerprint density at radius 2 is 0.650 bits per heavy atom. The average molecular weight is 282 g/mol. The van der Waals surface area contributed by atoms with Gasteiger partial charge in [0, 0.05) is 42.3 Å². The van der Waals surface area contributed by atoms with E-state index in [9.17, 15) is 14.4 Å². The molecule has 3 heterocycles. The fourth-order valence-electron chi connectivity index (χ4n) is 4.18. The van der Waals surface area contributed by atoms with Crippen LogP contribution in [0.25, 0.3) is 0 Å². The summed E-state index contributed by atoms with van der Waals surface area (Å²) in [4.78, 5) is 46.0. The molecule has 0 bridgehead atoms. The summed E-state index contributed by atoms with van der Waals surface area (Å²) in [6, 6.07) is -0.743. The third-order valence-electron chi connectivity index (χ3n) is 4.98. The van der Waals surface area contributed by atoms with Crippen molar-refractivity contribution < 1.29 is 14.4 Å². The molecule has 3 saturated heterocycles. The lowest BCUT2D eigenvalue weighted by molar-refractivity contribution is -0.124. The first-order valence-corrected chi connectivity index (χ1v) is 6.23. The number of hydrogen-bond acceptors (Lipinski definition) is 3. The van der Waals surface area contributed by atoms with E-state index in [1.807, 2.05) is 0 Å². The molecule has 3 aliphatic rings. The third kappa shape index (κ3) is 0.777. The smallest absolute Gasteiger partial charge is 0.281 e. The van der Waals surface area contributed by atoms with E-state index in [1.165, 1.54) is 29.4 Å². The van der Waals surface area contributed by atoms with E-state index in [2.05, 4.69) is 0 Å². The first-order valence-electron chi connectivity index (χ1n) is 6.23. The Labute approximate surface area is 116 Å². The van der Waals surface area contributed by atoms with Crippen LogP contribution in [-0.2, 0) is 0 Å². The van der Waals surface area contributed by atoms with Crippen LogP contribution >= 0.6 is 0 Å². The normalized spacial score (nSPS) is 36.6. The van der Waals surface area contributed by atoms with Crippen molar-refractivity contribution in [3.05, 3.63) is 0 Å². The highest BCUT2D eigenvalue weighted by atomic mass is 16.2. The summed E-state index contributed by atoms with van der Waals surface area (Å²) in [5.41, 5.74) is 0. The lowest BCUT2D eigenvalue weighted by atomic mass is 10.1. The predicted molar refractivity (Wildman–Crippen MR) is 68.2 cm³/mol. The Morgan fingerprint density at radius 1 is 0.500 bits per heavy atom. The van der Waals surface area contributed by atoms with Crippen LogP contribution in [-0.4, -0.2) is 101 Å². The minimum Gasteiger partial charge on any atom is -0.281 e. The van der Waals surface area contributed by atoms with Gasteiger partial charge in [-0.15, -0.1) is 0 Å². The number of rotatable bonds is 0. The van der Waals surface area contributed by atoms with E-state index < -0.39 is 11.6 Å². The van der Waals surface area contributed by atoms with Crippen LogP contribution in [0.4, 0.5) is 14.4 Å². The van der Waals surface area contributed by atoms with Crippen molar-refractivity contribution in [2.45, 2.75) is 11.6 Å². The largest absolute Gasteiger partial charge is 0.326 e. The van der Waals surface area contributed by atoms with Gasteiger partial charge in [0.2, 0.25) is 0 Å². The van der Waals surface area contributed by atoms with Gasteiger partial charge < -0.3 is 0 Å². The van der Waals surface area contributed by atoms with Gasteiger partial charge >= 0.3 is 18.1 Å². The summed E-state index contributed by atoms with van der Waals surface area (Å²) >= 11 is 0. The molecule has 9 nitrogen and oxygen atoms in total. The highest BCUT2D eigenvalue weighted by Crippen LogP contribution is 2.55. The molecule has 3 rings (SSSR count). The van der Waals surface area contributed by atoms with Gasteiger partial charge in [-0.3, -0.25) is 29.4 Å². The summed E-state index contributed by atoms with van der Waals surface area (Å²) in [7, 11) is 9.62. The maximum absolute atomic E-state index is 12.4. The van der Waals surface area contributed by atoms with Gasteiger partial charge in [0.25, 0.3) is 11.6 Å². The van der Waals surface area contributed by atoms with Crippen molar-refractivity contribution in [1.29, 1.82) is 0 Å². The lowest BCUT2D eigenvalue weighted by Crippen LogP contribution is -2.71. The Kier molecular flexibility index (Phi) is 1.99. The van der Waals surface area contributed by atoms with Crippen LogP contribution in [0.5, 0.6) is 0 Å². The van der Waals surface area contributed by atoms with Crippen molar-refractivity contribution in [2.75, 3.05) is 42.3 Å². The molecule has 0 atom stereocenters. The molecule has 0 saturated carbocycles. The molecule has 3 aliphatic heterocycles. The summed E-state index contributed by atoms with van der Waals surface area (Å²) < 4.78 is 0. The van der Waals surface area contributed by atoms with Gasteiger partial charge in [-0.05, 0) is 0 Å². The first kappa shape index (κ1) is 12.8. The van der Waals surface area contributed by atoms with Gasteiger partial charge in [0.05, 0.1) is 0 Å². The van der Waals surface area contributed by atoms with E-state index in [1.54, 1.807) is 42.3 Å². The fourth-order valence-corrected chi connectivity index (χ4v) is 4.18. The quantitative estimate of drug-likeness (QED) is 0.589. The second kappa shape index (κ2) is 3.10. The zero-order chi connectivity index (χ0) is 15.2. The van der Waals surface area contributed by atoms with Crippen LogP contribution in [0.15, 0.2) is 0 Å². The molecule has 0 aromatic heterocycles. The highest BCUT2D eigenvalue weighted by molar-refractivity contribution is 5.94. The predicted octanol–water partition coefficient (Wildman–Crippen LogP) is -0.714. The van der Waals surface area contributed by atoms with Gasteiger partial charge in [-0.2, -0.15) is 0 Å². The van der Waals surface area contributed by atoms with Crippen molar-refractivity contribution in [3.63, 3.8) is 0 Å². The van der Waals surface area contributed by atoms with Gasteiger partial charge in [-0.25, -0.2) is 14.4 Å². The number of likely N-dealkylation sites (N-methyl/N-ethyl adjacent to an activating group) is 6. The van der Waals surface area contributed by atoms with E-state index in [0.717, 1.165) is 0 Å². The minimum absolute atomic E-state index is 0.248. The molecule has 0 aromatic rings. The number of urea groups is 3. The van der Waals surface area contributed by atoms with E-state index in [-0.39, 0.29) is 18.1 Å². The van der Waals surface area contributed by atoms with Crippen molar-refractivity contribution in [2.24, 2.45) is 0 Å². The number of hydrogen-bond donors (Lipinski definition) is 0. The highest BCUT2D eigenvalue weighted by Gasteiger charge is 2.85. The molecule has 0 aliphatic carbocycles. The molecule has 0 N–H and O–H groups in total. The van der Waals surface area contributed by atoms with Gasteiger partial charge in [-0.1, -0.05) is 0 Å². The number of carbonyl (C=O) groups excluding carboxylic acids is 3. The maximum Gasteiger partial charge on any atom is 0.326 e. The summed E-state index contributed by atoms with van der Waals surface area (Å²) in [6.07, 6.45) is 0. The Bertz CT molecular complexity index is 434. The van der Waals surface area contributed by atoms with Crippen molar-refractivity contribution >= 4 is 18.1 Å². The monoisotopic (exact) mass is 282 g/mol. The molecule has 0 spiro atoms. The molecule has 20 heavy (non-hydrogen) atoms. The zero-order valence-electron chi connectivity index (χ0n) is 12.4. The minimum atomic E-state index is -1.17. The van der Waals surface area contributed by atoms with Crippen LogP contribution in [0, 0.1) is 0 Å². The summed E-state index contributed by atoms with van der Waals surface area (Å²) in [6.45, 7) is 0. The second-order valence-corrected chi connectivity index (χ2v) is 5.47. The lowest BCUT2D eigenvalue weighted by Gasteiger charge is -2.44. The van der Waals surface area contributed by atoms with E-state index in [0.29, 0.717) is 0 Å². The van der Waals surface area contributed by atoms with Crippen LogP contribution < -0.4 is 0 Å². The maximum atomic E-state index is 12.4. The molecular weight excluding hydrogens is 264 g/mol. The van der Waals surface area contributed by atoms with Gasteiger partial charge in [0.1, 0.15) is 0 Å². The number of carbonyl (C=O) groups is 3. The number of amides is 6. The SMILES string of the molecule is CN1C(=O)N(C)C23N(C)C(=O)N(C)C12N(C)C(=O)N3C. The molecule has 3 fully saturated rings. The Balaban J connectivity index is 2.40. The topological polar surface area (TPSA) is 70.7 Å². The molecule has 0 aromatic carbocycles. The van der Waals surface area contributed by atoms with E-state index >= 15 is 0 Å². The third-order valence-corrected chi connectivity index (χ3v) is 4.98. The Hall–Kier alpha value is -2.19. The zero-order valence-corrected chi connectivity index (χ0v) is 12.4. The molecule has 110 valence electrons. The summed E-state index contributed by atoms with van der Waals surface area (Å²) in [5, 5.41) is 0. The molecule has 0 unspecified atom stereocenters. The standard InChI is InChI=1S/C11H18N6O3/c1-12-7(18)13(2)11-10(12,14(3)8(19)16(11)5)15(4)9(20)17(11)6/h1-6H3. The van der Waals surface area contributed by atoms with Crippen molar-refractivity contribution in [3.8, 4) is 0 Å². The van der Waals surface area contributed by atoms with Gasteiger partial charge in [0.15, 0.2) is 0 Å². The number of nitrogens with zero attached hydrogens (tertiary/aromatic N) is 6. The average Bonchev–Trinajstić information content (AvgIpc) is 2.81. The van der Waals surface area contributed by atoms with Crippen molar-refractivity contribution in [1.82, 2.24) is 29.4 Å². The molecular formula is C11H18N6O3. The first-order chi connectivity index (χ1) is 9.18. The van der Waals surface area contributed by atoms with Crippen LogP contribution in [0.3, 0.4) is 0 Å². The molecule has 0 radical (unpaired) electrons. The fraction of sp³-hybridized carbons (Fsp3) is 0.727. The van der Waals surface area contributed by atoms with Crippen LogP contribution in [0.2, 0.25) is 0 Å².